The molecular weight excluding hydrogens is 334 g/mol. The second-order valence-corrected chi connectivity index (χ2v) is 6.53. The van der Waals surface area contributed by atoms with Gasteiger partial charge in [-0.1, -0.05) is 62.4 Å². The Morgan fingerprint density at radius 3 is 2.38 bits per heavy atom. The Bertz CT molecular complexity index is 662. The van der Waals surface area contributed by atoms with Crippen LogP contribution in [0.1, 0.15) is 51.5 Å². The van der Waals surface area contributed by atoms with Gasteiger partial charge in [-0.3, -0.25) is 9.59 Å². The molecule has 2 rings (SSSR count). The molecule has 2 atom stereocenters. The minimum atomic E-state index is -1.23. The highest BCUT2D eigenvalue weighted by Gasteiger charge is 2.29. The van der Waals surface area contributed by atoms with Crippen molar-refractivity contribution >= 4 is 17.8 Å². The molecule has 0 bridgehead atoms. The van der Waals surface area contributed by atoms with Gasteiger partial charge in [0.05, 0.1) is 6.54 Å². The molecule has 1 saturated carbocycles. The zero-order valence-electron chi connectivity index (χ0n) is 15.7. The number of carboxylic acid groups (broad SMARTS) is 1. The lowest BCUT2D eigenvalue weighted by atomic mass is 9.84. The lowest BCUT2D eigenvalue weighted by Gasteiger charge is -2.27. The summed E-state index contributed by atoms with van der Waals surface area (Å²) in [6.07, 6.45) is 4.30. The van der Waals surface area contributed by atoms with Crippen molar-refractivity contribution in [3.05, 3.63) is 35.9 Å². The Kier molecular flexibility index (Phi) is 7.01. The van der Waals surface area contributed by atoms with Crippen LogP contribution in [-0.2, 0) is 14.4 Å². The smallest absolute Gasteiger partial charge is 0.330 e. The minimum Gasteiger partial charge on any atom is -0.479 e. The van der Waals surface area contributed by atoms with E-state index in [0.717, 1.165) is 19.3 Å². The van der Waals surface area contributed by atoms with Crippen LogP contribution in [0, 0.1) is 5.89 Å². The standard InChI is InChI=1S/C19H27N3O4/c20-12-16(23)21-15(11-13-7-3-1-4-8-13)18(24)22-17(19(25)26)14-9-5-2-6-10-14/h2,5-6,9-10,13,15,17H,1,3-4,7-8,11-12,20H2,(H,21,23)(H,22,24)(H,25,26)/t15-,17+/m0/s1/i13D. The van der Waals surface area contributed by atoms with Gasteiger partial charge < -0.3 is 21.5 Å². The van der Waals surface area contributed by atoms with E-state index in [1.54, 1.807) is 30.3 Å². The fourth-order valence-electron chi connectivity index (χ4n) is 3.18. The van der Waals surface area contributed by atoms with Gasteiger partial charge in [-0.2, -0.15) is 0 Å². The Labute approximate surface area is 154 Å². The van der Waals surface area contributed by atoms with Crippen LogP contribution in [0.25, 0.3) is 0 Å². The van der Waals surface area contributed by atoms with Crippen LogP contribution in [-0.4, -0.2) is 35.5 Å². The van der Waals surface area contributed by atoms with Crippen LogP contribution in [0.15, 0.2) is 30.3 Å². The van der Waals surface area contributed by atoms with E-state index in [0.29, 0.717) is 18.4 Å². The van der Waals surface area contributed by atoms with Gasteiger partial charge in [-0.15, -0.1) is 0 Å². The Balaban J connectivity index is 2.16. The predicted octanol–water partition coefficient (Wildman–Crippen LogP) is 1.34. The van der Waals surface area contributed by atoms with E-state index in [1.807, 2.05) is 0 Å². The maximum absolute atomic E-state index is 12.8. The number of aliphatic carboxylic acids is 1. The predicted molar refractivity (Wildman–Crippen MR) is 97.1 cm³/mol. The number of carbonyl (C=O) groups is 3. The molecule has 2 amide bonds. The van der Waals surface area contributed by atoms with Crippen LogP contribution in [0.4, 0.5) is 0 Å². The quantitative estimate of drug-likeness (QED) is 0.556. The molecule has 1 fully saturated rings. The third kappa shape index (κ3) is 5.84. The summed E-state index contributed by atoms with van der Waals surface area (Å²) in [5.74, 6) is -3.14. The maximum atomic E-state index is 12.8. The van der Waals surface area contributed by atoms with Crippen molar-refractivity contribution in [2.75, 3.05) is 6.54 Å². The van der Waals surface area contributed by atoms with Crippen LogP contribution in [0.3, 0.4) is 0 Å². The number of nitrogens with one attached hydrogen (secondary N) is 2. The summed E-state index contributed by atoms with van der Waals surface area (Å²) >= 11 is 0. The van der Waals surface area contributed by atoms with Crippen molar-refractivity contribution < 1.29 is 20.9 Å². The van der Waals surface area contributed by atoms with E-state index >= 15 is 0 Å². The van der Waals surface area contributed by atoms with Gasteiger partial charge in [-0.05, 0) is 17.9 Å². The van der Waals surface area contributed by atoms with E-state index in [2.05, 4.69) is 10.6 Å². The first-order chi connectivity index (χ1) is 12.8. The maximum Gasteiger partial charge on any atom is 0.330 e. The number of carbonyl (C=O) groups excluding carboxylic acids is 2. The third-order valence-corrected chi connectivity index (χ3v) is 4.56. The highest BCUT2D eigenvalue weighted by molar-refractivity contribution is 5.91. The molecule has 5 N–H and O–H groups in total. The van der Waals surface area contributed by atoms with Gasteiger partial charge in [0.2, 0.25) is 11.8 Å². The number of nitrogens with two attached hydrogens (primary N) is 1. The lowest BCUT2D eigenvalue weighted by molar-refractivity contribution is -0.142. The molecule has 0 aliphatic heterocycles. The summed E-state index contributed by atoms with van der Waals surface area (Å²) < 4.78 is 8.60. The molecule has 0 unspecified atom stereocenters. The van der Waals surface area contributed by atoms with E-state index in [9.17, 15) is 19.5 Å². The normalized spacial score (nSPS) is 18.9. The summed E-state index contributed by atoms with van der Waals surface area (Å²) in [6, 6.07) is 6.12. The van der Waals surface area contributed by atoms with Crippen molar-refractivity contribution in [1.82, 2.24) is 10.6 Å². The zero-order valence-corrected chi connectivity index (χ0v) is 14.7. The molecule has 0 saturated heterocycles. The highest BCUT2D eigenvalue weighted by atomic mass is 16.4. The average Bonchev–Trinajstić information content (AvgIpc) is 2.66. The topological polar surface area (TPSA) is 122 Å². The van der Waals surface area contributed by atoms with Crippen molar-refractivity contribution in [2.45, 2.75) is 50.6 Å². The van der Waals surface area contributed by atoms with E-state index in [-0.39, 0.29) is 13.0 Å². The molecule has 7 nitrogen and oxygen atoms in total. The second-order valence-electron chi connectivity index (χ2n) is 6.53. The molecule has 1 aliphatic rings. The monoisotopic (exact) mass is 362 g/mol. The number of hydrogen-bond donors (Lipinski definition) is 4. The molecule has 1 aromatic carbocycles. The molecule has 7 heteroatoms. The molecule has 0 heterocycles. The molecule has 0 radical (unpaired) electrons. The summed E-state index contributed by atoms with van der Waals surface area (Å²) in [5, 5.41) is 14.5. The van der Waals surface area contributed by atoms with Gasteiger partial charge in [0.1, 0.15) is 6.04 Å². The SMILES string of the molecule is [2H]C1(C[C@H](NC(=O)CN)C(=O)N[C@@H](C(=O)O)c2ccccc2)CCCCC1. The van der Waals surface area contributed by atoms with Crippen molar-refractivity contribution in [1.29, 1.82) is 0 Å². The molecule has 0 aromatic heterocycles. The fourth-order valence-corrected chi connectivity index (χ4v) is 3.18. The summed E-state index contributed by atoms with van der Waals surface area (Å²) in [7, 11) is 0. The Morgan fingerprint density at radius 1 is 1.15 bits per heavy atom. The first-order valence-electron chi connectivity index (χ1n) is 9.42. The van der Waals surface area contributed by atoms with Crippen molar-refractivity contribution in [3.63, 3.8) is 0 Å². The number of rotatable bonds is 8. The van der Waals surface area contributed by atoms with Crippen LogP contribution < -0.4 is 16.4 Å². The third-order valence-electron chi connectivity index (χ3n) is 4.56. The lowest BCUT2D eigenvalue weighted by Crippen LogP contribution is -2.51. The van der Waals surface area contributed by atoms with Gasteiger partial charge >= 0.3 is 5.97 Å². The van der Waals surface area contributed by atoms with Crippen molar-refractivity contribution in [3.8, 4) is 0 Å². The molecule has 142 valence electrons. The molecular formula is C19H27N3O4. The van der Waals surface area contributed by atoms with Crippen LogP contribution >= 0.6 is 0 Å². The highest BCUT2D eigenvalue weighted by Crippen LogP contribution is 2.27. The number of amides is 2. The van der Waals surface area contributed by atoms with Gasteiger partial charge in [0, 0.05) is 1.37 Å². The summed E-state index contributed by atoms with van der Waals surface area (Å²) in [5.41, 5.74) is 5.77. The molecule has 1 aromatic rings. The number of benzene rings is 1. The summed E-state index contributed by atoms with van der Waals surface area (Å²) in [4.78, 5) is 36.2. The van der Waals surface area contributed by atoms with E-state index in [1.165, 1.54) is 0 Å². The fraction of sp³-hybridized carbons (Fsp3) is 0.526. The first kappa shape index (κ1) is 18.4. The number of carboxylic acids is 1. The van der Waals surface area contributed by atoms with E-state index < -0.39 is 35.8 Å². The van der Waals surface area contributed by atoms with Crippen molar-refractivity contribution in [2.24, 2.45) is 11.6 Å². The minimum absolute atomic E-state index is 0.131. The average molecular weight is 362 g/mol. The Morgan fingerprint density at radius 2 is 1.81 bits per heavy atom. The van der Waals surface area contributed by atoms with Gasteiger partial charge in [0.15, 0.2) is 6.04 Å². The largest absolute Gasteiger partial charge is 0.479 e. The van der Waals surface area contributed by atoms with Crippen LogP contribution in [0.5, 0.6) is 0 Å². The molecule has 1 aliphatic carbocycles. The van der Waals surface area contributed by atoms with E-state index in [4.69, 9.17) is 7.10 Å². The van der Waals surface area contributed by atoms with Gasteiger partial charge in [-0.25, -0.2) is 4.79 Å². The van der Waals surface area contributed by atoms with Gasteiger partial charge in [0.25, 0.3) is 0 Å². The number of hydrogen-bond acceptors (Lipinski definition) is 4. The molecule has 26 heavy (non-hydrogen) atoms. The second kappa shape index (κ2) is 9.91. The molecule has 0 spiro atoms. The first-order valence-corrected chi connectivity index (χ1v) is 8.92. The zero-order chi connectivity index (χ0) is 19.9. The Hall–Kier alpha value is -2.41. The summed E-state index contributed by atoms with van der Waals surface area (Å²) in [6.45, 7) is -0.282. The van der Waals surface area contributed by atoms with Crippen LogP contribution in [0.2, 0.25) is 0 Å².